The van der Waals surface area contributed by atoms with Gasteiger partial charge in [0.05, 0.1) is 31.3 Å². The van der Waals surface area contributed by atoms with Crippen LogP contribution < -0.4 is 14.4 Å². The van der Waals surface area contributed by atoms with Crippen molar-refractivity contribution in [1.29, 1.82) is 0 Å². The first kappa shape index (κ1) is 23.1. The molecule has 1 aromatic heterocycles. The molecule has 0 atom stereocenters. The number of carbonyl (C=O) groups is 1. The summed E-state index contributed by atoms with van der Waals surface area (Å²) in [5, 5.41) is 0. The predicted molar refractivity (Wildman–Crippen MR) is 134 cm³/mol. The molecule has 1 amide bonds. The Balaban J connectivity index is 1.45. The Morgan fingerprint density at radius 2 is 1.63 bits per heavy atom. The first-order chi connectivity index (χ1) is 17.1. The van der Waals surface area contributed by atoms with E-state index in [1.54, 1.807) is 7.11 Å². The van der Waals surface area contributed by atoms with Crippen LogP contribution >= 0.6 is 0 Å². The molecule has 2 aromatic carbocycles. The molecule has 8 nitrogen and oxygen atoms in total. The topological polar surface area (TPSA) is 71.0 Å². The third-order valence-electron chi connectivity index (χ3n) is 6.62. The zero-order valence-electron chi connectivity index (χ0n) is 20.3. The SMILES string of the molecule is COc1ccccc1Oc1nc(N2CCN(C)CC2)nc2c1CN(C(=O)Cc1ccccc1)CC2. The predicted octanol–water partition coefficient (Wildman–Crippen LogP) is 3.16. The van der Waals surface area contributed by atoms with E-state index in [1.165, 1.54) is 0 Å². The number of amides is 1. The number of para-hydroxylation sites is 2. The van der Waals surface area contributed by atoms with Gasteiger partial charge < -0.3 is 24.2 Å². The molecule has 3 aromatic rings. The smallest absolute Gasteiger partial charge is 0.229 e. The number of nitrogens with zero attached hydrogens (tertiary/aromatic N) is 5. The highest BCUT2D eigenvalue weighted by Crippen LogP contribution is 2.35. The average Bonchev–Trinajstić information content (AvgIpc) is 2.89. The minimum absolute atomic E-state index is 0.0910. The van der Waals surface area contributed by atoms with Crippen LogP contribution in [-0.2, 0) is 24.2 Å². The van der Waals surface area contributed by atoms with Crippen LogP contribution in [0.2, 0.25) is 0 Å². The molecular formula is C27H31N5O3. The molecule has 1 fully saturated rings. The van der Waals surface area contributed by atoms with Gasteiger partial charge in [0.1, 0.15) is 0 Å². The maximum absolute atomic E-state index is 13.1. The molecular weight excluding hydrogens is 442 g/mol. The number of ether oxygens (including phenoxy) is 2. The molecule has 0 radical (unpaired) electrons. The maximum atomic E-state index is 13.1. The zero-order valence-corrected chi connectivity index (χ0v) is 20.3. The Morgan fingerprint density at radius 1 is 0.914 bits per heavy atom. The van der Waals surface area contributed by atoms with Gasteiger partial charge in [-0.1, -0.05) is 42.5 Å². The van der Waals surface area contributed by atoms with Crippen LogP contribution in [0.25, 0.3) is 0 Å². The molecule has 8 heteroatoms. The van der Waals surface area contributed by atoms with Crippen molar-refractivity contribution in [2.24, 2.45) is 0 Å². The fourth-order valence-electron chi connectivity index (χ4n) is 4.51. The summed E-state index contributed by atoms with van der Waals surface area (Å²) in [6, 6.07) is 17.4. The molecule has 0 aliphatic carbocycles. The molecule has 5 rings (SSSR count). The lowest BCUT2D eigenvalue weighted by Gasteiger charge is -2.34. The number of benzene rings is 2. The van der Waals surface area contributed by atoms with Gasteiger partial charge >= 0.3 is 0 Å². The van der Waals surface area contributed by atoms with Crippen LogP contribution in [0.5, 0.6) is 17.4 Å². The molecule has 2 aliphatic heterocycles. The van der Waals surface area contributed by atoms with Crippen molar-refractivity contribution in [2.75, 3.05) is 51.8 Å². The number of carbonyl (C=O) groups excluding carboxylic acids is 1. The summed E-state index contributed by atoms with van der Waals surface area (Å²) in [5.41, 5.74) is 2.82. The summed E-state index contributed by atoms with van der Waals surface area (Å²) in [5.74, 6) is 2.49. The van der Waals surface area contributed by atoms with Crippen molar-refractivity contribution < 1.29 is 14.3 Å². The van der Waals surface area contributed by atoms with Gasteiger partial charge in [-0.25, -0.2) is 4.98 Å². The molecule has 0 bridgehead atoms. The quantitative estimate of drug-likeness (QED) is 0.545. The summed E-state index contributed by atoms with van der Waals surface area (Å²) < 4.78 is 11.8. The lowest BCUT2D eigenvalue weighted by atomic mass is 10.0. The Labute approximate surface area is 206 Å². The normalized spacial score (nSPS) is 16.1. The van der Waals surface area contributed by atoms with E-state index in [-0.39, 0.29) is 5.91 Å². The van der Waals surface area contributed by atoms with Crippen LogP contribution in [0.1, 0.15) is 16.8 Å². The van der Waals surface area contributed by atoms with E-state index >= 15 is 0 Å². The van der Waals surface area contributed by atoms with Crippen molar-refractivity contribution in [1.82, 2.24) is 19.8 Å². The van der Waals surface area contributed by atoms with Crippen LogP contribution in [0, 0.1) is 0 Å². The minimum atomic E-state index is 0.0910. The molecule has 35 heavy (non-hydrogen) atoms. The van der Waals surface area contributed by atoms with Crippen LogP contribution in [-0.4, -0.2) is 72.6 Å². The number of likely N-dealkylation sites (N-methyl/N-ethyl adjacent to an activating group) is 1. The molecule has 3 heterocycles. The van der Waals surface area contributed by atoms with Gasteiger partial charge in [-0.3, -0.25) is 4.79 Å². The summed E-state index contributed by atoms with van der Waals surface area (Å²) in [7, 11) is 3.75. The van der Waals surface area contributed by atoms with E-state index in [0.29, 0.717) is 49.3 Å². The van der Waals surface area contributed by atoms with Crippen molar-refractivity contribution in [3.05, 3.63) is 71.4 Å². The second kappa shape index (κ2) is 10.3. The van der Waals surface area contributed by atoms with Gasteiger partial charge in [-0.05, 0) is 24.7 Å². The summed E-state index contributed by atoms with van der Waals surface area (Å²) >= 11 is 0. The third-order valence-corrected chi connectivity index (χ3v) is 6.62. The number of anilines is 1. The number of rotatable bonds is 6. The Kier molecular flexibility index (Phi) is 6.81. The van der Waals surface area contributed by atoms with Gasteiger partial charge in [-0.15, -0.1) is 0 Å². The zero-order chi connectivity index (χ0) is 24.2. The number of methoxy groups -OCH3 is 1. The third kappa shape index (κ3) is 5.22. The molecule has 2 aliphatic rings. The molecule has 0 unspecified atom stereocenters. The van der Waals surface area contributed by atoms with Crippen molar-refractivity contribution >= 4 is 11.9 Å². The monoisotopic (exact) mass is 473 g/mol. The number of hydrogen-bond acceptors (Lipinski definition) is 7. The largest absolute Gasteiger partial charge is 0.493 e. The van der Waals surface area contributed by atoms with Crippen LogP contribution in [0.15, 0.2) is 54.6 Å². The van der Waals surface area contributed by atoms with Gasteiger partial charge in [0.15, 0.2) is 11.5 Å². The molecule has 1 saturated heterocycles. The first-order valence-electron chi connectivity index (χ1n) is 12.1. The van der Waals surface area contributed by atoms with Crippen molar-refractivity contribution in [3.63, 3.8) is 0 Å². The maximum Gasteiger partial charge on any atom is 0.229 e. The lowest BCUT2D eigenvalue weighted by molar-refractivity contribution is -0.131. The highest BCUT2D eigenvalue weighted by atomic mass is 16.5. The number of aromatic nitrogens is 2. The minimum Gasteiger partial charge on any atom is -0.493 e. The molecule has 0 spiro atoms. The van der Waals surface area contributed by atoms with Gasteiger partial charge in [0, 0.05) is 39.1 Å². The van der Waals surface area contributed by atoms with Gasteiger partial charge in [0.25, 0.3) is 0 Å². The van der Waals surface area contributed by atoms with Crippen LogP contribution in [0.3, 0.4) is 0 Å². The number of piperazine rings is 1. The molecule has 0 N–H and O–H groups in total. The fraction of sp³-hybridized carbons (Fsp3) is 0.370. The molecule has 0 saturated carbocycles. The molecule has 182 valence electrons. The summed E-state index contributed by atoms with van der Waals surface area (Å²) in [6.45, 7) is 4.71. The van der Waals surface area contributed by atoms with Crippen molar-refractivity contribution in [2.45, 2.75) is 19.4 Å². The first-order valence-corrected chi connectivity index (χ1v) is 12.1. The standard InChI is InChI=1S/C27H31N5O3/c1-30-14-16-31(17-15-30)27-28-22-12-13-32(25(33)18-20-8-4-3-5-9-20)19-21(22)26(29-27)35-24-11-7-6-10-23(24)34-2/h3-11H,12-19H2,1-2H3. The van der Waals surface area contributed by atoms with E-state index < -0.39 is 0 Å². The van der Waals surface area contributed by atoms with Gasteiger partial charge in [-0.2, -0.15) is 4.98 Å². The van der Waals surface area contributed by atoms with Crippen molar-refractivity contribution in [3.8, 4) is 17.4 Å². The Morgan fingerprint density at radius 3 is 2.37 bits per heavy atom. The van der Waals surface area contributed by atoms with Gasteiger partial charge in [0.2, 0.25) is 17.7 Å². The highest BCUT2D eigenvalue weighted by Gasteiger charge is 2.29. The summed E-state index contributed by atoms with van der Waals surface area (Å²) in [4.78, 5) is 29.3. The number of fused-ring (bicyclic) bond motifs is 1. The van der Waals surface area contributed by atoms with E-state index in [4.69, 9.17) is 19.4 Å². The van der Waals surface area contributed by atoms with E-state index in [2.05, 4.69) is 16.8 Å². The lowest BCUT2D eigenvalue weighted by Crippen LogP contribution is -2.45. The van der Waals surface area contributed by atoms with E-state index in [9.17, 15) is 4.79 Å². The Bertz CT molecular complexity index is 1180. The Hall–Kier alpha value is -3.65. The highest BCUT2D eigenvalue weighted by molar-refractivity contribution is 5.79. The van der Waals surface area contributed by atoms with Crippen LogP contribution in [0.4, 0.5) is 5.95 Å². The van der Waals surface area contributed by atoms with E-state index in [0.717, 1.165) is 43.0 Å². The second-order valence-corrected chi connectivity index (χ2v) is 9.02. The van der Waals surface area contributed by atoms with E-state index in [1.807, 2.05) is 59.5 Å². The number of hydrogen-bond donors (Lipinski definition) is 0. The average molecular weight is 474 g/mol. The second-order valence-electron chi connectivity index (χ2n) is 9.02. The fourth-order valence-corrected chi connectivity index (χ4v) is 4.51. The summed E-state index contributed by atoms with van der Waals surface area (Å²) in [6.07, 6.45) is 1.04.